The second kappa shape index (κ2) is 6.20. The first-order chi connectivity index (χ1) is 10.3. The zero-order valence-corrected chi connectivity index (χ0v) is 12.9. The van der Waals surface area contributed by atoms with Crippen molar-refractivity contribution in [2.24, 2.45) is 5.73 Å². The number of rotatable bonds is 4. The van der Waals surface area contributed by atoms with Crippen LogP contribution >= 0.6 is 15.9 Å². The van der Waals surface area contributed by atoms with Crippen molar-refractivity contribution in [3.8, 4) is 22.8 Å². The van der Waals surface area contributed by atoms with E-state index in [1.54, 1.807) is 0 Å². The number of hydrogen-bond donors (Lipinski definition) is 1. The predicted octanol–water partition coefficient (Wildman–Crippen LogP) is 3.67. The largest absolute Gasteiger partial charge is 0.334 e. The third-order valence-electron chi connectivity index (χ3n) is 3.14. The van der Waals surface area contributed by atoms with Crippen molar-refractivity contribution in [2.45, 2.75) is 6.42 Å². The van der Waals surface area contributed by atoms with Crippen LogP contribution < -0.4 is 5.73 Å². The average molecular weight is 344 g/mol. The first-order valence-electron chi connectivity index (χ1n) is 6.65. The van der Waals surface area contributed by atoms with Crippen LogP contribution in [0.5, 0.6) is 0 Å². The molecule has 0 bridgehead atoms. The lowest BCUT2D eigenvalue weighted by atomic mass is 10.1. The number of nitrogens with two attached hydrogens (primary N) is 1. The summed E-state index contributed by atoms with van der Waals surface area (Å²) in [6.07, 6.45) is 0.868. The molecule has 0 amide bonds. The first-order valence-corrected chi connectivity index (χ1v) is 7.44. The van der Waals surface area contributed by atoms with Gasteiger partial charge in [-0.3, -0.25) is 0 Å². The highest BCUT2D eigenvalue weighted by Gasteiger charge is 2.10. The fourth-order valence-corrected chi connectivity index (χ4v) is 2.47. The van der Waals surface area contributed by atoms with E-state index in [2.05, 4.69) is 26.1 Å². The Balaban J connectivity index is 1.87. The molecule has 106 valence electrons. The second-order valence-corrected chi connectivity index (χ2v) is 5.58. The van der Waals surface area contributed by atoms with Gasteiger partial charge in [0, 0.05) is 15.6 Å². The summed E-state index contributed by atoms with van der Waals surface area (Å²) in [6, 6.07) is 15.8. The van der Waals surface area contributed by atoms with Crippen LogP contribution in [0, 0.1) is 0 Å². The van der Waals surface area contributed by atoms with Crippen LogP contribution in [0.2, 0.25) is 0 Å². The van der Waals surface area contributed by atoms with E-state index in [1.165, 1.54) is 5.56 Å². The fraction of sp³-hybridized carbons (Fsp3) is 0.125. The number of aromatic nitrogens is 2. The van der Waals surface area contributed by atoms with E-state index in [-0.39, 0.29) is 0 Å². The van der Waals surface area contributed by atoms with Crippen molar-refractivity contribution in [3.05, 3.63) is 58.6 Å². The molecule has 0 aliphatic carbocycles. The highest BCUT2D eigenvalue weighted by molar-refractivity contribution is 9.10. The summed E-state index contributed by atoms with van der Waals surface area (Å²) < 4.78 is 6.33. The summed E-state index contributed by atoms with van der Waals surface area (Å²) in [5, 5.41) is 4.04. The van der Waals surface area contributed by atoms with Crippen molar-refractivity contribution >= 4 is 15.9 Å². The third-order valence-corrected chi connectivity index (χ3v) is 3.64. The van der Waals surface area contributed by atoms with Gasteiger partial charge in [-0.05, 0) is 42.8 Å². The van der Waals surface area contributed by atoms with Crippen LogP contribution in [0.1, 0.15) is 5.56 Å². The Hall–Kier alpha value is -1.98. The lowest BCUT2D eigenvalue weighted by molar-refractivity contribution is 0.432. The molecule has 2 aromatic carbocycles. The molecule has 0 saturated carbocycles. The SMILES string of the molecule is NCCc1ccc(-c2nc(-c3cccc(Br)c3)no2)cc1. The Morgan fingerprint density at radius 3 is 2.57 bits per heavy atom. The minimum Gasteiger partial charge on any atom is -0.334 e. The van der Waals surface area contributed by atoms with Gasteiger partial charge in [0.15, 0.2) is 0 Å². The van der Waals surface area contributed by atoms with Crippen molar-refractivity contribution in [3.63, 3.8) is 0 Å². The van der Waals surface area contributed by atoms with Gasteiger partial charge >= 0.3 is 0 Å². The van der Waals surface area contributed by atoms with Gasteiger partial charge in [0.25, 0.3) is 5.89 Å². The molecule has 3 rings (SSSR count). The molecule has 2 N–H and O–H groups in total. The van der Waals surface area contributed by atoms with E-state index in [1.807, 2.05) is 48.5 Å². The lowest BCUT2D eigenvalue weighted by Gasteiger charge is -1.99. The molecule has 0 atom stereocenters. The summed E-state index contributed by atoms with van der Waals surface area (Å²) in [7, 11) is 0. The Bertz CT molecular complexity index is 737. The monoisotopic (exact) mass is 343 g/mol. The molecule has 21 heavy (non-hydrogen) atoms. The molecule has 0 saturated heterocycles. The van der Waals surface area contributed by atoms with Crippen LogP contribution in [-0.2, 0) is 6.42 Å². The lowest BCUT2D eigenvalue weighted by Crippen LogP contribution is -2.02. The zero-order valence-electron chi connectivity index (χ0n) is 11.3. The van der Waals surface area contributed by atoms with Gasteiger partial charge in [-0.25, -0.2) is 0 Å². The molecule has 0 aliphatic heterocycles. The van der Waals surface area contributed by atoms with Gasteiger partial charge in [-0.15, -0.1) is 0 Å². The summed E-state index contributed by atoms with van der Waals surface area (Å²) in [4.78, 5) is 4.44. The van der Waals surface area contributed by atoms with Crippen LogP contribution in [0.4, 0.5) is 0 Å². The summed E-state index contributed by atoms with van der Waals surface area (Å²) in [6.45, 7) is 0.646. The quantitative estimate of drug-likeness (QED) is 0.784. The van der Waals surface area contributed by atoms with Crippen LogP contribution in [0.25, 0.3) is 22.8 Å². The van der Waals surface area contributed by atoms with Crippen molar-refractivity contribution < 1.29 is 4.52 Å². The van der Waals surface area contributed by atoms with E-state index in [9.17, 15) is 0 Å². The van der Waals surface area contributed by atoms with Crippen molar-refractivity contribution in [1.82, 2.24) is 10.1 Å². The van der Waals surface area contributed by atoms with E-state index in [0.29, 0.717) is 18.3 Å². The van der Waals surface area contributed by atoms with Crippen LogP contribution in [-0.4, -0.2) is 16.7 Å². The highest BCUT2D eigenvalue weighted by atomic mass is 79.9. The normalized spacial score (nSPS) is 10.8. The van der Waals surface area contributed by atoms with E-state index in [4.69, 9.17) is 10.3 Å². The van der Waals surface area contributed by atoms with Gasteiger partial charge in [-0.1, -0.05) is 45.4 Å². The van der Waals surface area contributed by atoms with Gasteiger partial charge < -0.3 is 10.3 Å². The number of hydrogen-bond acceptors (Lipinski definition) is 4. The Morgan fingerprint density at radius 1 is 1.05 bits per heavy atom. The topological polar surface area (TPSA) is 64.9 Å². The maximum Gasteiger partial charge on any atom is 0.258 e. The average Bonchev–Trinajstić information content (AvgIpc) is 2.98. The molecule has 0 aliphatic rings. The maximum atomic E-state index is 5.54. The molecular formula is C16H14BrN3O. The standard InChI is InChI=1S/C16H14BrN3O/c17-14-3-1-2-13(10-14)15-19-16(21-20-15)12-6-4-11(5-7-12)8-9-18/h1-7,10H,8-9,18H2. The van der Waals surface area contributed by atoms with Gasteiger partial charge in [0.1, 0.15) is 0 Å². The maximum absolute atomic E-state index is 5.54. The highest BCUT2D eigenvalue weighted by Crippen LogP contribution is 2.24. The van der Waals surface area contributed by atoms with Crippen molar-refractivity contribution in [1.29, 1.82) is 0 Å². The zero-order chi connectivity index (χ0) is 14.7. The van der Waals surface area contributed by atoms with Gasteiger partial charge in [0.05, 0.1) is 0 Å². The van der Waals surface area contributed by atoms with E-state index in [0.717, 1.165) is 22.0 Å². The minimum absolute atomic E-state index is 0.518. The van der Waals surface area contributed by atoms with E-state index >= 15 is 0 Å². The summed E-state index contributed by atoms with van der Waals surface area (Å²) in [5.74, 6) is 1.10. The fourth-order valence-electron chi connectivity index (χ4n) is 2.07. The molecule has 0 fully saturated rings. The summed E-state index contributed by atoms with van der Waals surface area (Å²) >= 11 is 3.44. The molecule has 1 aromatic heterocycles. The Morgan fingerprint density at radius 2 is 1.86 bits per heavy atom. The van der Waals surface area contributed by atoms with Gasteiger partial charge in [-0.2, -0.15) is 4.98 Å². The van der Waals surface area contributed by atoms with Gasteiger partial charge in [0.2, 0.25) is 5.82 Å². The number of halogens is 1. The molecule has 0 radical (unpaired) electrons. The Labute approximate surface area is 131 Å². The minimum atomic E-state index is 0.518. The molecule has 0 unspecified atom stereocenters. The van der Waals surface area contributed by atoms with Crippen molar-refractivity contribution in [2.75, 3.05) is 6.54 Å². The molecule has 1 heterocycles. The second-order valence-electron chi connectivity index (χ2n) is 4.67. The molecule has 4 nitrogen and oxygen atoms in total. The number of benzene rings is 2. The third kappa shape index (κ3) is 3.20. The molecule has 3 aromatic rings. The summed E-state index contributed by atoms with van der Waals surface area (Å²) in [5.41, 5.74) is 8.57. The predicted molar refractivity (Wildman–Crippen MR) is 85.6 cm³/mol. The first kappa shape index (κ1) is 14.0. The Kier molecular flexibility index (Phi) is 4.13. The van der Waals surface area contributed by atoms with Crippen LogP contribution in [0.3, 0.4) is 0 Å². The number of nitrogens with zero attached hydrogens (tertiary/aromatic N) is 2. The molecule has 0 spiro atoms. The van der Waals surface area contributed by atoms with E-state index < -0.39 is 0 Å². The smallest absolute Gasteiger partial charge is 0.258 e. The molecular weight excluding hydrogens is 330 g/mol. The molecule has 5 heteroatoms. The van der Waals surface area contributed by atoms with Crippen LogP contribution in [0.15, 0.2) is 57.5 Å².